The first kappa shape index (κ1) is 13.2. The van der Waals surface area contributed by atoms with Gasteiger partial charge in [0.2, 0.25) is 0 Å². The predicted octanol–water partition coefficient (Wildman–Crippen LogP) is 2.50. The number of nitriles is 1. The van der Waals surface area contributed by atoms with Crippen LogP contribution in [-0.2, 0) is 10.8 Å². The van der Waals surface area contributed by atoms with Gasteiger partial charge in [-0.2, -0.15) is 5.26 Å². The summed E-state index contributed by atoms with van der Waals surface area (Å²) in [4.78, 5) is 0. The van der Waals surface area contributed by atoms with E-state index in [-0.39, 0.29) is 0 Å². The van der Waals surface area contributed by atoms with Gasteiger partial charge in [0.05, 0.1) is 5.56 Å². The van der Waals surface area contributed by atoms with E-state index in [4.69, 9.17) is 5.26 Å². The fourth-order valence-corrected chi connectivity index (χ4v) is 2.24. The minimum Gasteiger partial charge on any atom is -0.385 e. The molecular weight excluding hydrogens is 288 g/mol. The summed E-state index contributed by atoms with van der Waals surface area (Å²) in [6, 6.07) is 7.60. The number of nitrogens with one attached hydrogen (secondary N) is 1. The van der Waals surface area contributed by atoms with Crippen molar-refractivity contribution in [2.75, 3.05) is 23.9 Å². The summed E-state index contributed by atoms with van der Waals surface area (Å²) in [5.41, 5.74) is 1.59. The zero-order valence-corrected chi connectivity index (χ0v) is 11.4. The highest BCUT2D eigenvalue weighted by molar-refractivity contribution is 9.10. The largest absolute Gasteiger partial charge is 0.385 e. The van der Waals surface area contributed by atoms with Gasteiger partial charge in [0.15, 0.2) is 0 Å². The molecule has 86 valence electrons. The monoisotopic (exact) mass is 300 g/mol. The Kier molecular flexibility index (Phi) is 5.50. The van der Waals surface area contributed by atoms with Crippen molar-refractivity contribution in [3.05, 3.63) is 28.2 Å². The maximum atomic E-state index is 10.8. The van der Waals surface area contributed by atoms with Gasteiger partial charge >= 0.3 is 0 Å². The van der Waals surface area contributed by atoms with Crippen LogP contribution in [0, 0.1) is 11.3 Å². The van der Waals surface area contributed by atoms with Crippen LogP contribution in [0.25, 0.3) is 0 Å². The number of hydrogen-bond donors (Lipinski definition) is 1. The topological polar surface area (TPSA) is 52.9 Å². The Bertz CT molecular complexity index is 428. The molecule has 16 heavy (non-hydrogen) atoms. The number of benzene rings is 1. The lowest BCUT2D eigenvalue weighted by molar-refractivity contribution is 0.685. The van der Waals surface area contributed by atoms with Crippen molar-refractivity contribution in [3.63, 3.8) is 0 Å². The normalized spacial score (nSPS) is 11.8. The quantitative estimate of drug-likeness (QED) is 0.850. The smallest absolute Gasteiger partial charge is 0.100 e. The maximum absolute atomic E-state index is 10.8. The van der Waals surface area contributed by atoms with Crippen LogP contribution in [0.1, 0.15) is 12.0 Å². The lowest BCUT2D eigenvalue weighted by Crippen LogP contribution is -2.06. The highest BCUT2D eigenvalue weighted by Crippen LogP contribution is 2.20. The van der Waals surface area contributed by atoms with E-state index < -0.39 is 10.8 Å². The molecule has 1 rings (SSSR count). The van der Waals surface area contributed by atoms with E-state index in [0.29, 0.717) is 11.3 Å². The first-order valence-corrected chi connectivity index (χ1v) is 7.39. The van der Waals surface area contributed by atoms with Crippen molar-refractivity contribution in [2.24, 2.45) is 0 Å². The van der Waals surface area contributed by atoms with Gasteiger partial charge in [0, 0.05) is 39.5 Å². The van der Waals surface area contributed by atoms with Gasteiger partial charge in [0.1, 0.15) is 6.07 Å². The highest BCUT2D eigenvalue weighted by atomic mass is 79.9. The molecule has 0 amide bonds. The summed E-state index contributed by atoms with van der Waals surface area (Å²) in [7, 11) is -0.725. The van der Waals surface area contributed by atoms with Crippen molar-refractivity contribution in [2.45, 2.75) is 6.42 Å². The first-order chi connectivity index (χ1) is 7.63. The van der Waals surface area contributed by atoms with E-state index in [2.05, 4.69) is 27.3 Å². The number of halogens is 1. The van der Waals surface area contributed by atoms with Gasteiger partial charge in [-0.25, -0.2) is 0 Å². The van der Waals surface area contributed by atoms with Crippen LogP contribution in [0.4, 0.5) is 5.69 Å². The average Bonchev–Trinajstić information content (AvgIpc) is 2.24. The van der Waals surface area contributed by atoms with Gasteiger partial charge in [-0.3, -0.25) is 4.21 Å². The molecule has 0 aromatic heterocycles. The Morgan fingerprint density at radius 3 is 2.88 bits per heavy atom. The third-order valence-corrected chi connectivity index (χ3v) is 3.55. The average molecular weight is 301 g/mol. The van der Waals surface area contributed by atoms with Crippen LogP contribution in [0.2, 0.25) is 0 Å². The summed E-state index contributed by atoms with van der Waals surface area (Å²) >= 11 is 3.33. The van der Waals surface area contributed by atoms with Gasteiger partial charge < -0.3 is 5.32 Å². The molecule has 0 spiro atoms. The summed E-state index contributed by atoms with van der Waals surface area (Å²) in [5, 5.41) is 12.0. The van der Waals surface area contributed by atoms with Crippen LogP contribution in [-0.4, -0.2) is 22.8 Å². The van der Waals surface area contributed by atoms with Crippen LogP contribution < -0.4 is 5.32 Å². The van der Waals surface area contributed by atoms with Crippen molar-refractivity contribution in [1.82, 2.24) is 0 Å². The fourth-order valence-electron chi connectivity index (χ4n) is 1.22. The molecule has 1 unspecified atom stereocenters. The minimum absolute atomic E-state index is 0.625. The van der Waals surface area contributed by atoms with Crippen molar-refractivity contribution >= 4 is 32.4 Å². The van der Waals surface area contributed by atoms with Crippen LogP contribution in [0.5, 0.6) is 0 Å². The second kappa shape index (κ2) is 6.66. The zero-order chi connectivity index (χ0) is 12.0. The fraction of sp³-hybridized carbons (Fsp3) is 0.364. The predicted molar refractivity (Wildman–Crippen MR) is 70.9 cm³/mol. The molecule has 3 nitrogen and oxygen atoms in total. The second-order valence-electron chi connectivity index (χ2n) is 3.36. The molecule has 5 heteroatoms. The Hall–Kier alpha value is -0.860. The van der Waals surface area contributed by atoms with Crippen LogP contribution in [0.3, 0.4) is 0 Å². The number of rotatable bonds is 5. The molecule has 1 atom stereocenters. The molecule has 0 heterocycles. The zero-order valence-electron chi connectivity index (χ0n) is 9.00. The van der Waals surface area contributed by atoms with Gasteiger partial charge in [-0.1, -0.05) is 0 Å². The van der Waals surface area contributed by atoms with Gasteiger partial charge in [-0.05, 0) is 40.5 Å². The summed E-state index contributed by atoms with van der Waals surface area (Å²) in [6.07, 6.45) is 2.58. The minimum atomic E-state index is -0.725. The molecule has 0 radical (unpaired) electrons. The molecule has 0 aliphatic carbocycles. The summed E-state index contributed by atoms with van der Waals surface area (Å²) in [5.74, 6) is 0.713. The Labute approximate surface area is 106 Å². The van der Waals surface area contributed by atoms with Crippen LogP contribution in [0.15, 0.2) is 22.7 Å². The number of nitrogens with zero attached hydrogens (tertiary/aromatic N) is 1. The standard InChI is InChI=1S/C11H13BrN2OS/c1-16(15)6-2-5-14-10-4-3-9(8-13)11(12)7-10/h3-4,7,14H,2,5-6H2,1H3. The third-order valence-electron chi connectivity index (χ3n) is 2.03. The van der Waals surface area contributed by atoms with Gasteiger partial charge in [0.25, 0.3) is 0 Å². The van der Waals surface area contributed by atoms with E-state index in [1.54, 1.807) is 12.3 Å². The molecule has 0 aliphatic rings. The molecule has 0 saturated carbocycles. The molecule has 1 aromatic carbocycles. The van der Waals surface area contributed by atoms with E-state index in [0.717, 1.165) is 23.1 Å². The van der Waals surface area contributed by atoms with E-state index in [1.165, 1.54) is 0 Å². The third kappa shape index (κ3) is 4.33. The number of hydrogen-bond acceptors (Lipinski definition) is 3. The van der Waals surface area contributed by atoms with Crippen molar-refractivity contribution in [1.29, 1.82) is 5.26 Å². The molecule has 0 saturated heterocycles. The molecule has 0 aliphatic heterocycles. The maximum Gasteiger partial charge on any atom is 0.100 e. The van der Waals surface area contributed by atoms with E-state index in [9.17, 15) is 4.21 Å². The molecule has 0 bridgehead atoms. The van der Waals surface area contributed by atoms with Crippen molar-refractivity contribution in [3.8, 4) is 6.07 Å². The molecule has 1 N–H and O–H groups in total. The first-order valence-electron chi connectivity index (χ1n) is 4.87. The molecule has 1 aromatic rings. The molecular formula is C11H13BrN2OS. The SMILES string of the molecule is CS(=O)CCCNc1ccc(C#N)c(Br)c1. The Balaban J connectivity index is 2.47. The van der Waals surface area contributed by atoms with Gasteiger partial charge in [-0.15, -0.1) is 0 Å². The number of anilines is 1. The lowest BCUT2D eigenvalue weighted by atomic mass is 10.2. The van der Waals surface area contributed by atoms with Crippen LogP contribution >= 0.6 is 15.9 Å². The summed E-state index contributed by atoms with van der Waals surface area (Å²) in [6.45, 7) is 0.790. The van der Waals surface area contributed by atoms with E-state index in [1.807, 2.05) is 12.1 Å². The van der Waals surface area contributed by atoms with E-state index >= 15 is 0 Å². The van der Waals surface area contributed by atoms with Crippen molar-refractivity contribution < 1.29 is 4.21 Å². The lowest BCUT2D eigenvalue weighted by Gasteiger charge is -2.06. The second-order valence-corrected chi connectivity index (χ2v) is 5.77. The molecule has 0 fully saturated rings. The summed E-state index contributed by atoms with van der Waals surface area (Å²) < 4.78 is 11.6. The Morgan fingerprint density at radius 1 is 1.56 bits per heavy atom. The Morgan fingerprint density at radius 2 is 2.31 bits per heavy atom. The highest BCUT2D eigenvalue weighted by Gasteiger charge is 2.00.